The number of aliphatic carboxylic acids is 1. The first-order chi connectivity index (χ1) is 17.0. The van der Waals surface area contributed by atoms with Gasteiger partial charge in [-0.3, -0.25) is 4.79 Å². The van der Waals surface area contributed by atoms with Crippen molar-refractivity contribution in [3.8, 4) is 11.1 Å². The second kappa shape index (κ2) is 10.8. The first-order valence-corrected chi connectivity index (χ1v) is 11.0. The molecule has 0 spiro atoms. The van der Waals surface area contributed by atoms with E-state index in [1.165, 1.54) is 18.0 Å². The van der Waals surface area contributed by atoms with Crippen molar-refractivity contribution < 1.29 is 29.0 Å². The van der Waals surface area contributed by atoms with E-state index >= 15 is 0 Å². The summed E-state index contributed by atoms with van der Waals surface area (Å²) in [6.45, 7) is 0.465. The monoisotopic (exact) mass is 479 g/mol. The van der Waals surface area contributed by atoms with Crippen molar-refractivity contribution in [3.05, 3.63) is 71.5 Å². The number of hydrogen-bond donors (Lipinski definition) is 3. The lowest BCUT2D eigenvalue weighted by Crippen LogP contribution is -2.43. The minimum absolute atomic E-state index is 0.0303. The maximum atomic E-state index is 12.3. The molecule has 0 fully saturated rings. The van der Waals surface area contributed by atoms with Gasteiger partial charge in [0.05, 0.1) is 19.3 Å². The summed E-state index contributed by atoms with van der Waals surface area (Å²) in [6.07, 6.45) is 0.800. The van der Waals surface area contributed by atoms with Crippen LogP contribution in [0.3, 0.4) is 0 Å². The fourth-order valence-electron chi connectivity index (χ4n) is 4.01. The number of aromatic nitrogens is 3. The van der Waals surface area contributed by atoms with E-state index in [0.29, 0.717) is 0 Å². The number of alkyl carbamates (subject to hydrolysis) is 1. The lowest BCUT2D eigenvalue weighted by atomic mass is 9.98. The van der Waals surface area contributed by atoms with E-state index in [1.54, 1.807) is 0 Å². The van der Waals surface area contributed by atoms with E-state index in [4.69, 9.17) is 14.6 Å². The standard InChI is InChI=1S/C24H25N5O6/c1-34-14-21(23(31)32)26-22(30)20-12-29(28-27-20)11-10-25-24(33)35-13-19-17-8-4-2-6-15(17)16-7-3-5-9-18(16)19/h2-9,12,19,21H,10-11,13-14H2,1H3,(H,25,33)(H,26,30)(H,31,32)/t21-/m0/s1. The Hall–Kier alpha value is -4.25. The molecule has 1 aliphatic carbocycles. The van der Waals surface area contributed by atoms with Crippen LogP contribution in [0.25, 0.3) is 11.1 Å². The highest BCUT2D eigenvalue weighted by Crippen LogP contribution is 2.44. The zero-order valence-corrected chi connectivity index (χ0v) is 19.0. The highest BCUT2D eigenvalue weighted by Gasteiger charge is 2.29. The first-order valence-electron chi connectivity index (χ1n) is 11.0. The highest BCUT2D eigenvalue weighted by molar-refractivity contribution is 5.94. The third-order valence-corrected chi connectivity index (χ3v) is 5.66. The molecule has 1 aliphatic rings. The van der Waals surface area contributed by atoms with Gasteiger partial charge in [0.2, 0.25) is 0 Å². The largest absolute Gasteiger partial charge is 0.480 e. The normalized spacial score (nSPS) is 12.9. The summed E-state index contributed by atoms with van der Waals surface area (Å²) in [5.41, 5.74) is 4.52. The molecule has 0 saturated carbocycles. The van der Waals surface area contributed by atoms with Gasteiger partial charge in [-0.25, -0.2) is 14.3 Å². The Morgan fingerprint density at radius 1 is 1.09 bits per heavy atom. The molecule has 1 aromatic heterocycles. The molecule has 0 radical (unpaired) electrons. The third kappa shape index (κ3) is 5.46. The Morgan fingerprint density at radius 2 is 1.74 bits per heavy atom. The fraction of sp³-hybridized carbons (Fsp3) is 0.292. The van der Waals surface area contributed by atoms with Gasteiger partial charge in [-0.2, -0.15) is 0 Å². The molecule has 182 valence electrons. The zero-order chi connectivity index (χ0) is 24.8. The number of fused-ring (bicyclic) bond motifs is 3. The number of methoxy groups -OCH3 is 1. The molecule has 0 bridgehead atoms. The fourth-order valence-corrected chi connectivity index (χ4v) is 4.01. The van der Waals surface area contributed by atoms with Gasteiger partial charge in [0.15, 0.2) is 11.7 Å². The van der Waals surface area contributed by atoms with Crippen molar-refractivity contribution in [3.63, 3.8) is 0 Å². The minimum Gasteiger partial charge on any atom is -0.480 e. The maximum absolute atomic E-state index is 12.3. The Morgan fingerprint density at radius 3 is 2.37 bits per heavy atom. The van der Waals surface area contributed by atoms with Crippen LogP contribution < -0.4 is 10.6 Å². The average molecular weight is 479 g/mol. The SMILES string of the molecule is COC[C@H](NC(=O)c1cn(CCNC(=O)OCC2c3ccccc3-c3ccccc32)nn1)C(=O)O. The number of amides is 2. The molecule has 1 heterocycles. The lowest BCUT2D eigenvalue weighted by Gasteiger charge is -2.14. The van der Waals surface area contributed by atoms with Gasteiger partial charge in [0.25, 0.3) is 5.91 Å². The van der Waals surface area contributed by atoms with Gasteiger partial charge in [0.1, 0.15) is 6.61 Å². The number of rotatable bonds is 10. The molecular formula is C24H25N5O6. The van der Waals surface area contributed by atoms with Crippen molar-refractivity contribution >= 4 is 18.0 Å². The second-order valence-corrected chi connectivity index (χ2v) is 7.94. The molecule has 2 amide bonds. The van der Waals surface area contributed by atoms with Crippen molar-refractivity contribution in [2.75, 3.05) is 26.9 Å². The van der Waals surface area contributed by atoms with Crippen molar-refractivity contribution in [2.24, 2.45) is 0 Å². The number of nitrogens with zero attached hydrogens (tertiary/aromatic N) is 3. The Labute approximate surface area is 201 Å². The van der Waals surface area contributed by atoms with Crippen LogP contribution in [0.15, 0.2) is 54.7 Å². The van der Waals surface area contributed by atoms with Gasteiger partial charge in [-0.15, -0.1) is 5.10 Å². The maximum Gasteiger partial charge on any atom is 0.407 e. The summed E-state index contributed by atoms with van der Waals surface area (Å²) in [5, 5.41) is 21.6. The molecule has 3 N–H and O–H groups in total. The highest BCUT2D eigenvalue weighted by atomic mass is 16.5. The zero-order valence-electron chi connectivity index (χ0n) is 19.0. The topological polar surface area (TPSA) is 145 Å². The van der Waals surface area contributed by atoms with Crippen LogP contribution in [0.1, 0.15) is 27.5 Å². The second-order valence-electron chi connectivity index (χ2n) is 7.94. The predicted molar refractivity (Wildman–Crippen MR) is 124 cm³/mol. The molecule has 0 aliphatic heterocycles. The summed E-state index contributed by atoms with van der Waals surface area (Å²) in [6, 6.07) is 15.0. The van der Waals surface area contributed by atoms with E-state index < -0.39 is 24.0 Å². The van der Waals surface area contributed by atoms with Crippen LogP contribution in [0.4, 0.5) is 4.79 Å². The molecule has 11 nitrogen and oxygen atoms in total. The number of benzene rings is 2. The first kappa shape index (κ1) is 23.9. The summed E-state index contributed by atoms with van der Waals surface area (Å²) >= 11 is 0. The molecule has 11 heteroatoms. The van der Waals surface area contributed by atoms with E-state index in [1.807, 2.05) is 36.4 Å². The third-order valence-electron chi connectivity index (χ3n) is 5.66. The molecule has 35 heavy (non-hydrogen) atoms. The van der Waals surface area contributed by atoms with Gasteiger partial charge in [-0.05, 0) is 22.3 Å². The Bertz CT molecular complexity index is 1180. The van der Waals surface area contributed by atoms with Gasteiger partial charge in [-0.1, -0.05) is 53.7 Å². The summed E-state index contributed by atoms with van der Waals surface area (Å²) in [5.74, 6) is -1.94. The lowest BCUT2D eigenvalue weighted by molar-refractivity contribution is -0.140. The van der Waals surface area contributed by atoms with Crippen LogP contribution in [0.5, 0.6) is 0 Å². The molecular weight excluding hydrogens is 454 g/mol. The van der Waals surface area contributed by atoms with Crippen LogP contribution in [-0.2, 0) is 20.8 Å². The van der Waals surface area contributed by atoms with E-state index in [2.05, 4.69) is 33.1 Å². The van der Waals surface area contributed by atoms with Gasteiger partial charge < -0.3 is 25.2 Å². The summed E-state index contributed by atoms with van der Waals surface area (Å²) < 4.78 is 11.6. The summed E-state index contributed by atoms with van der Waals surface area (Å²) in [4.78, 5) is 35.6. The van der Waals surface area contributed by atoms with Crippen LogP contribution in [0, 0.1) is 0 Å². The quantitative estimate of drug-likeness (QED) is 0.398. The van der Waals surface area contributed by atoms with E-state index in [9.17, 15) is 14.4 Å². The van der Waals surface area contributed by atoms with Crippen molar-refractivity contribution in [1.29, 1.82) is 0 Å². The molecule has 4 rings (SSSR count). The van der Waals surface area contributed by atoms with Crippen LogP contribution >= 0.6 is 0 Å². The number of carboxylic acid groups (broad SMARTS) is 1. The molecule has 2 aromatic carbocycles. The number of carbonyl (C=O) groups excluding carboxylic acids is 2. The minimum atomic E-state index is -1.22. The van der Waals surface area contributed by atoms with Crippen molar-refractivity contribution in [1.82, 2.24) is 25.6 Å². The van der Waals surface area contributed by atoms with Crippen LogP contribution in [0.2, 0.25) is 0 Å². The number of carbonyl (C=O) groups is 3. The number of ether oxygens (including phenoxy) is 2. The molecule has 0 saturated heterocycles. The average Bonchev–Trinajstić information content (AvgIpc) is 3.45. The number of hydrogen-bond acceptors (Lipinski definition) is 7. The van der Waals surface area contributed by atoms with Gasteiger partial charge >= 0.3 is 12.1 Å². The molecule has 3 aromatic rings. The summed E-state index contributed by atoms with van der Waals surface area (Å²) in [7, 11) is 1.34. The molecule has 1 atom stereocenters. The van der Waals surface area contributed by atoms with Crippen molar-refractivity contribution in [2.45, 2.75) is 18.5 Å². The van der Waals surface area contributed by atoms with Gasteiger partial charge in [0, 0.05) is 19.6 Å². The Kier molecular flexibility index (Phi) is 7.36. The Balaban J connectivity index is 1.25. The number of carboxylic acids is 1. The van der Waals surface area contributed by atoms with E-state index in [0.717, 1.165) is 22.3 Å². The number of nitrogens with one attached hydrogen (secondary N) is 2. The molecule has 0 unspecified atom stereocenters. The van der Waals surface area contributed by atoms with Crippen LogP contribution in [-0.4, -0.2) is 71.0 Å². The van der Waals surface area contributed by atoms with E-state index in [-0.39, 0.29) is 37.9 Å². The smallest absolute Gasteiger partial charge is 0.407 e. The predicted octanol–water partition coefficient (Wildman–Crippen LogP) is 1.65.